The van der Waals surface area contributed by atoms with Gasteiger partial charge in [0.1, 0.15) is 0 Å². The molecule has 0 radical (unpaired) electrons. The number of allylic oxidation sites excluding steroid dienone is 3. The normalized spacial score (nSPS) is 27.4. The Hall–Kier alpha value is -1.78. The monoisotopic (exact) mass is 356 g/mol. The third kappa shape index (κ3) is 3.91. The summed E-state index contributed by atoms with van der Waals surface area (Å²) in [6.45, 7) is 5.65. The molecule has 2 N–H and O–H groups in total. The number of halogens is 1. The van der Waals surface area contributed by atoms with Crippen molar-refractivity contribution in [1.82, 2.24) is 15.1 Å². The number of aromatic nitrogens is 2. The molecular formula is C20H25ClN4. The minimum Gasteiger partial charge on any atom is -0.381 e. The van der Waals surface area contributed by atoms with Crippen LogP contribution in [0.5, 0.6) is 0 Å². The minimum atomic E-state index is 0.500. The number of aromatic amines is 1. The molecule has 0 bridgehead atoms. The van der Waals surface area contributed by atoms with Crippen molar-refractivity contribution in [3.63, 3.8) is 0 Å². The van der Waals surface area contributed by atoms with Crippen molar-refractivity contribution in [3.8, 4) is 0 Å². The van der Waals surface area contributed by atoms with E-state index in [0.717, 1.165) is 29.0 Å². The van der Waals surface area contributed by atoms with Gasteiger partial charge < -0.3 is 10.2 Å². The summed E-state index contributed by atoms with van der Waals surface area (Å²) >= 11 is 6.11. The molecule has 1 fully saturated rings. The number of nitrogens with zero attached hydrogens (tertiary/aromatic N) is 2. The largest absolute Gasteiger partial charge is 0.381 e. The van der Waals surface area contributed by atoms with Gasteiger partial charge in [0.25, 0.3) is 0 Å². The van der Waals surface area contributed by atoms with Crippen molar-refractivity contribution in [3.05, 3.63) is 47.7 Å². The van der Waals surface area contributed by atoms with E-state index in [4.69, 9.17) is 11.6 Å². The average molecular weight is 357 g/mol. The summed E-state index contributed by atoms with van der Waals surface area (Å²) < 4.78 is 0. The van der Waals surface area contributed by atoms with Crippen LogP contribution in [0.2, 0.25) is 0 Å². The van der Waals surface area contributed by atoms with E-state index in [0.29, 0.717) is 17.9 Å². The minimum absolute atomic E-state index is 0.500. The van der Waals surface area contributed by atoms with E-state index in [2.05, 4.69) is 57.7 Å². The molecule has 1 aromatic carbocycles. The summed E-state index contributed by atoms with van der Waals surface area (Å²) in [5.74, 6) is 1.07. The zero-order valence-electron chi connectivity index (χ0n) is 14.6. The fourth-order valence-electron chi connectivity index (χ4n) is 3.95. The second-order valence-corrected chi connectivity index (χ2v) is 7.79. The summed E-state index contributed by atoms with van der Waals surface area (Å²) in [4.78, 5) is 2.59. The number of fused-ring (bicyclic) bond motifs is 1. The third-order valence-corrected chi connectivity index (χ3v) is 5.64. The Labute approximate surface area is 153 Å². The summed E-state index contributed by atoms with van der Waals surface area (Å²) in [5.41, 5.74) is 2.27. The molecule has 4 rings (SSSR count). The van der Waals surface area contributed by atoms with Crippen LogP contribution in [0.4, 0.5) is 5.69 Å². The molecule has 5 heteroatoms. The van der Waals surface area contributed by atoms with Gasteiger partial charge >= 0.3 is 0 Å². The number of rotatable bonds is 4. The molecule has 132 valence electrons. The van der Waals surface area contributed by atoms with Gasteiger partial charge in [-0.3, -0.25) is 5.10 Å². The van der Waals surface area contributed by atoms with Crippen molar-refractivity contribution in [1.29, 1.82) is 0 Å². The molecule has 0 saturated carbocycles. The fraction of sp³-hybridized carbons (Fsp3) is 0.450. The van der Waals surface area contributed by atoms with Crippen molar-refractivity contribution in [2.24, 2.45) is 11.8 Å². The fourth-order valence-corrected chi connectivity index (χ4v) is 4.23. The maximum Gasteiger partial charge on any atom is 0.0651 e. The number of likely N-dealkylation sites (tertiary alicyclic amines) is 1. The molecule has 1 aromatic heterocycles. The van der Waals surface area contributed by atoms with Gasteiger partial charge in [-0.05, 0) is 55.5 Å². The van der Waals surface area contributed by atoms with Crippen molar-refractivity contribution >= 4 is 28.2 Å². The second-order valence-electron chi connectivity index (χ2n) is 7.35. The van der Waals surface area contributed by atoms with Crippen LogP contribution in [0.25, 0.3) is 10.9 Å². The quantitative estimate of drug-likeness (QED) is 0.854. The zero-order chi connectivity index (χ0) is 17.2. The SMILES string of the molecule is CC1C=C(Cl)C=CC1CN1CCCC(Nc2ccc3[nH]ncc3c2)C1. The number of hydrogen-bond acceptors (Lipinski definition) is 3. The topological polar surface area (TPSA) is 44.0 Å². The number of benzene rings is 1. The summed E-state index contributed by atoms with van der Waals surface area (Å²) in [5, 5.41) is 12.8. The van der Waals surface area contributed by atoms with Gasteiger partial charge in [-0.15, -0.1) is 0 Å². The molecule has 0 spiro atoms. The lowest BCUT2D eigenvalue weighted by atomic mass is 9.89. The third-order valence-electron chi connectivity index (χ3n) is 5.39. The van der Waals surface area contributed by atoms with Crippen LogP contribution in [0.3, 0.4) is 0 Å². The second kappa shape index (κ2) is 7.22. The molecule has 2 aliphatic rings. The van der Waals surface area contributed by atoms with E-state index in [1.54, 1.807) is 0 Å². The Morgan fingerprint density at radius 2 is 2.32 bits per heavy atom. The molecule has 4 nitrogen and oxygen atoms in total. The van der Waals surface area contributed by atoms with Gasteiger partial charge in [0, 0.05) is 35.2 Å². The maximum atomic E-state index is 6.11. The van der Waals surface area contributed by atoms with Crippen LogP contribution < -0.4 is 5.32 Å². The maximum absolute atomic E-state index is 6.11. The predicted octanol–water partition coefficient (Wildman–Crippen LogP) is 4.38. The van der Waals surface area contributed by atoms with Crippen LogP contribution >= 0.6 is 11.6 Å². The molecule has 3 unspecified atom stereocenters. The van der Waals surface area contributed by atoms with E-state index in [9.17, 15) is 0 Å². The van der Waals surface area contributed by atoms with E-state index in [-0.39, 0.29) is 0 Å². The molecule has 1 aliphatic carbocycles. The van der Waals surface area contributed by atoms with Gasteiger partial charge in [0.2, 0.25) is 0 Å². The Kier molecular flexibility index (Phi) is 4.82. The number of nitrogens with one attached hydrogen (secondary N) is 2. The van der Waals surface area contributed by atoms with Gasteiger partial charge in [-0.25, -0.2) is 0 Å². The first-order valence-corrected chi connectivity index (χ1v) is 9.53. The smallest absolute Gasteiger partial charge is 0.0651 e. The van der Waals surface area contributed by atoms with Crippen LogP contribution in [0, 0.1) is 11.8 Å². The first kappa shape index (κ1) is 16.7. The van der Waals surface area contributed by atoms with E-state index in [1.807, 2.05) is 12.3 Å². The standard InChI is InChI=1S/C20H25ClN4/c1-14-9-17(21)5-4-15(14)12-25-8-2-3-19(13-25)23-18-6-7-20-16(10-18)11-22-24-20/h4-7,9-11,14-15,19,23H,2-3,8,12-13H2,1H3,(H,22,24). The molecule has 25 heavy (non-hydrogen) atoms. The van der Waals surface area contributed by atoms with E-state index in [1.165, 1.54) is 25.1 Å². The van der Waals surface area contributed by atoms with E-state index >= 15 is 0 Å². The lowest BCUT2D eigenvalue weighted by molar-refractivity contribution is 0.187. The van der Waals surface area contributed by atoms with Gasteiger partial charge in [0.05, 0.1) is 11.7 Å². The molecule has 1 aliphatic heterocycles. The van der Waals surface area contributed by atoms with Crippen LogP contribution in [0.15, 0.2) is 47.7 Å². The highest BCUT2D eigenvalue weighted by Gasteiger charge is 2.24. The number of piperidine rings is 1. The average Bonchev–Trinajstić information content (AvgIpc) is 3.05. The van der Waals surface area contributed by atoms with Crippen LogP contribution in [0.1, 0.15) is 19.8 Å². The highest BCUT2D eigenvalue weighted by atomic mass is 35.5. The van der Waals surface area contributed by atoms with Crippen LogP contribution in [-0.4, -0.2) is 40.8 Å². The molecule has 2 aromatic rings. The van der Waals surface area contributed by atoms with Gasteiger partial charge in [0.15, 0.2) is 0 Å². The lowest BCUT2D eigenvalue weighted by Gasteiger charge is -2.36. The summed E-state index contributed by atoms with van der Waals surface area (Å²) in [7, 11) is 0. The van der Waals surface area contributed by atoms with E-state index < -0.39 is 0 Å². The Balaban J connectivity index is 1.36. The summed E-state index contributed by atoms with van der Waals surface area (Å²) in [6.07, 6.45) is 10.8. The summed E-state index contributed by atoms with van der Waals surface area (Å²) in [6, 6.07) is 6.91. The molecule has 2 heterocycles. The molecular weight excluding hydrogens is 332 g/mol. The van der Waals surface area contributed by atoms with Crippen LogP contribution in [-0.2, 0) is 0 Å². The highest BCUT2D eigenvalue weighted by Crippen LogP contribution is 2.27. The molecule has 3 atom stereocenters. The van der Waals surface area contributed by atoms with Crippen molar-refractivity contribution < 1.29 is 0 Å². The Morgan fingerprint density at radius 1 is 1.40 bits per heavy atom. The Morgan fingerprint density at radius 3 is 3.20 bits per heavy atom. The predicted molar refractivity (Wildman–Crippen MR) is 105 cm³/mol. The number of H-pyrrole nitrogens is 1. The van der Waals surface area contributed by atoms with Crippen molar-refractivity contribution in [2.75, 3.05) is 25.0 Å². The Bertz CT molecular complexity index is 794. The number of anilines is 1. The van der Waals surface area contributed by atoms with Crippen molar-refractivity contribution in [2.45, 2.75) is 25.8 Å². The first-order valence-electron chi connectivity index (χ1n) is 9.15. The lowest BCUT2D eigenvalue weighted by Crippen LogP contribution is -2.44. The van der Waals surface area contributed by atoms with Gasteiger partial charge in [-0.2, -0.15) is 5.10 Å². The highest BCUT2D eigenvalue weighted by molar-refractivity contribution is 6.31. The molecule has 0 amide bonds. The zero-order valence-corrected chi connectivity index (χ0v) is 15.3. The molecule has 1 saturated heterocycles. The number of hydrogen-bond donors (Lipinski definition) is 2. The first-order chi connectivity index (χ1) is 12.2. The van der Waals surface area contributed by atoms with Gasteiger partial charge in [-0.1, -0.05) is 30.7 Å².